The molecule has 0 aliphatic heterocycles. The van der Waals surface area contributed by atoms with Crippen molar-refractivity contribution in [3.63, 3.8) is 0 Å². The van der Waals surface area contributed by atoms with Crippen LogP contribution in [0.15, 0.2) is 24.3 Å². The molecule has 114 valence electrons. The van der Waals surface area contributed by atoms with Crippen molar-refractivity contribution in [1.29, 1.82) is 0 Å². The molecule has 1 N–H and O–H groups in total. The number of hydrogen-bond donors (Lipinski definition) is 1. The minimum atomic E-state index is -3.22. The van der Waals surface area contributed by atoms with Crippen LogP contribution in [0.1, 0.15) is 18.5 Å². The van der Waals surface area contributed by atoms with Crippen LogP contribution >= 0.6 is 0 Å². The molecule has 0 saturated heterocycles. The Morgan fingerprint density at radius 1 is 1.20 bits per heavy atom. The largest absolute Gasteiger partial charge is 0.497 e. The minimum Gasteiger partial charge on any atom is -0.497 e. The lowest BCUT2D eigenvalue weighted by molar-refractivity contribution is 0.414. The topological polar surface area (TPSA) is 55.4 Å². The lowest BCUT2D eigenvalue weighted by Crippen LogP contribution is -2.32. The number of methoxy groups -OCH3 is 1. The molecular weight excluding hydrogens is 290 g/mol. The number of ether oxygens (including phenoxy) is 1. The van der Waals surface area contributed by atoms with Crippen molar-refractivity contribution in [3.05, 3.63) is 29.8 Å². The quantitative estimate of drug-likeness (QED) is 0.787. The van der Waals surface area contributed by atoms with Crippen molar-refractivity contribution < 1.29 is 13.2 Å². The third-order valence-electron chi connectivity index (χ3n) is 3.09. The Bertz CT molecular complexity index is 520. The summed E-state index contributed by atoms with van der Waals surface area (Å²) in [5.41, 5.74) is 0.933. The molecule has 1 atom stereocenters. The van der Waals surface area contributed by atoms with E-state index in [4.69, 9.17) is 4.74 Å². The highest BCUT2D eigenvalue weighted by atomic mass is 32.2. The summed E-state index contributed by atoms with van der Waals surface area (Å²) < 4.78 is 32.0. The molecule has 0 radical (unpaired) electrons. The predicted molar refractivity (Wildman–Crippen MR) is 86.5 cm³/mol. The number of benzene rings is 1. The Labute approximate surface area is 123 Å². The maximum absolute atomic E-state index is 12.1. The van der Waals surface area contributed by atoms with Crippen LogP contribution in [0.5, 0.6) is 5.75 Å². The second-order valence-corrected chi connectivity index (χ2v) is 13.7. The molecular formula is C14H25NO3SSi. The summed E-state index contributed by atoms with van der Waals surface area (Å²) in [6.07, 6.45) is 0. The predicted octanol–water partition coefficient (Wildman–Crippen LogP) is 3.01. The van der Waals surface area contributed by atoms with E-state index in [0.717, 1.165) is 17.4 Å². The van der Waals surface area contributed by atoms with Gasteiger partial charge in [0.25, 0.3) is 0 Å². The maximum atomic E-state index is 12.1. The standard InChI is InChI=1S/C14H25NO3SSi/c1-12(13-6-8-14(18-2)9-7-13)15-19(16,17)10-11-20(3,4)5/h6-9,12,15H,10-11H2,1-5H3. The molecule has 1 aromatic rings. The van der Waals surface area contributed by atoms with Crippen LogP contribution in [0.3, 0.4) is 0 Å². The van der Waals surface area contributed by atoms with E-state index in [9.17, 15) is 8.42 Å². The Morgan fingerprint density at radius 2 is 1.75 bits per heavy atom. The summed E-state index contributed by atoms with van der Waals surface area (Å²) in [4.78, 5) is 0. The number of nitrogens with one attached hydrogen (secondary N) is 1. The van der Waals surface area contributed by atoms with E-state index in [1.54, 1.807) is 7.11 Å². The SMILES string of the molecule is COc1ccc(C(C)NS(=O)(=O)CC[Si](C)(C)C)cc1. The second kappa shape index (κ2) is 6.73. The summed E-state index contributed by atoms with van der Waals surface area (Å²) in [6.45, 7) is 8.38. The number of sulfonamides is 1. The zero-order chi connectivity index (χ0) is 15.4. The zero-order valence-corrected chi connectivity index (χ0v) is 14.8. The molecule has 0 aliphatic rings. The van der Waals surface area contributed by atoms with Crippen LogP contribution < -0.4 is 9.46 Å². The molecule has 0 fully saturated rings. The van der Waals surface area contributed by atoms with E-state index in [1.807, 2.05) is 31.2 Å². The first-order chi connectivity index (χ1) is 9.13. The molecule has 1 unspecified atom stereocenters. The molecule has 4 nitrogen and oxygen atoms in total. The highest BCUT2D eigenvalue weighted by molar-refractivity contribution is 7.89. The van der Waals surface area contributed by atoms with Gasteiger partial charge >= 0.3 is 0 Å². The molecule has 6 heteroatoms. The molecule has 20 heavy (non-hydrogen) atoms. The fraction of sp³-hybridized carbons (Fsp3) is 0.571. The summed E-state index contributed by atoms with van der Waals surface area (Å²) in [5.74, 6) is 0.978. The first kappa shape index (κ1) is 17.2. The molecule has 0 aromatic heterocycles. The van der Waals surface area contributed by atoms with Gasteiger partial charge in [0.2, 0.25) is 10.0 Å². The van der Waals surface area contributed by atoms with Gasteiger partial charge in [-0.2, -0.15) is 0 Å². The van der Waals surface area contributed by atoms with Crippen LogP contribution in [0, 0.1) is 0 Å². The molecule has 0 spiro atoms. The van der Waals surface area contributed by atoms with Crippen LogP contribution in [0.4, 0.5) is 0 Å². The van der Waals surface area contributed by atoms with Gasteiger partial charge in [-0.15, -0.1) is 0 Å². The fourth-order valence-electron chi connectivity index (χ4n) is 1.73. The molecule has 1 rings (SSSR count). The normalized spacial score (nSPS) is 14.1. The average molecular weight is 316 g/mol. The van der Waals surface area contributed by atoms with Gasteiger partial charge in [0.1, 0.15) is 5.75 Å². The Balaban J connectivity index is 2.66. The van der Waals surface area contributed by atoms with E-state index in [2.05, 4.69) is 24.4 Å². The van der Waals surface area contributed by atoms with Crippen molar-refractivity contribution >= 4 is 18.1 Å². The Morgan fingerprint density at radius 3 is 2.20 bits per heavy atom. The minimum absolute atomic E-state index is 0.212. The van der Waals surface area contributed by atoms with Crippen molar-refractivity contribution in [1.82, 2.24) is 4.72 Å². The van der Waals surface area contributed by atoms with Gasteiger partial charge in [0, 0.05) is 14.1 Å². The maximum Gasteiger partial charge on any atom is 0.211 e. The summed E-state index contributed by atoms with van der Waals surface area (Å²) in [5, 5.41) is 0. The monoisotopic (exact) mass is 315 g/mol. The van der Waals surface area contributed by atoms with Gasteiger partial charge in [-0.05, 0) is 30.7 Å². The van der Waals surface area contributed by atoms with E-state index in [1.165, 1.54) is 0 Å². The second-order valence-electron chi connectivity index (χ2n) is 6.24. The van der Waals surface area contributed by atoms with Gasteiger partial charge in [-0.1, -0.05) is 31.8 Å². The lowest BCUT2D eigenvalue weighted by atomic mass is 10.1. The van der Waals surface area contributed by atoms with Crippen molar-refractivity contribution in [2.75, 3.05) is 12.9 Å². The molecule has 0 bridgehead atoms. The first-order valence-corrected chi connectivity index (χ1v) is 12.1. The van der Waals surface area contributed by atoms with Gasteiger partial charge < -0.3 is 4.74 Å². The first-order valence-electron chi connectivity index (χ1n) is 6.77. The number of hydrogen-bond acceptors (Lipinski definition) is 3. The van der Waals surface area contributed by atoms with E-state index < -0.39 is 18.1 Å². The summed E-state index contributed by atoms with van der Waals surface area (Å²) >= 11 is 0. The fourth-order valence-corrected chi connectivity index (χ4v) is 6.05. The van der Waals surface area contributed by atoms with Crippen molar-refractivity contribution in [3.8, 4) is 5.75 Å². The highest BCUT2D eigenvalue weighted by Gasteiger charge is 2.20. The van der Waals surface area contributed by atoms with E-state index in [-0.39, 0.29) is 11.8 Å². The van der Waals surface area contributed by atoms with Crippen LogP contribution in [0.2, 0.25) is 25.7 Å². The number of rotatable bonds is 7. The Kier molecular flexibility index (Phi) is 5.79. The van der Waals surface area contributed by atoms with Crippen molar-refractivity contribution in [2.45, 2.75) is 38.7 Å². The molecule has 0 amide bonds. The van der Waals surface area contributed by atoms with Gasteiger partial charge in [0.15, 0.2) is 0 Å². The lowest BCUT2D eigenvalue weighted by Gasteiger charge is -2.18. The zero-order valence-electron chi connectivity index (χ0n) is 12.9. The molecule has 1 aromatic carbocycles. The molecule has 0 aliphatic carbocycles. The van der Waals surface area contributed by atoms with Crippen LogP contribution in [0.25, 0.3) is 0 Å². The van der Waals surface area contributed by atoms with Crippen LogP contribution in [-0.4, -0.2) is 29.4 Å². The third kappa shape index (κ3) is 6.07. The summed E-state index contributed by atoms with van der Waals surface area (Å²) in [7, 11) is -2.96. The van der Waals surface area contributed by atoms with Gasteiger partial charge in [-0.3, -0.25) is 0 Å². The average Bonchev–Trinajstić information content (AvgIpc) is 2.35. The third-order valence-corrected chi connectivity index (χ3v) is 6.66. The van der Waals surface area contributed by atoms with Gasteiger partial charge in [-0.25, -0.2) is 13.1 Å². The summed E-state index contributed by atoms with van der Waals surface area (Å²) in [6, 6.07) is 7.98. The smallest absolute Gasteiger partial charge is 0.211 e. The van der Waals surface area contributed by atoms with Crippen molar-refractivity contribution in [2.24, 2.45) is 0 Å². The van der Waals surface area contributed by atoms with E-state index in [0.29, 0.717) is 0 Å². The highest BCUT2D eigenvalue weighted by Crippen LogP contribution is 2.18. The molecule has 0 saturated carbocycles. The Hall–Kier alpha value is -0.853. The van der Waals surface area contributed by atoms with Gasteiger partial charge in [0.05, 0.1) is 12.9 Å². The van der Waals surface area contributed by atoms with Crippen LogP contribution in [-0.2, 0) is 10.0 Å². The molecule has 0 heterocycles. The van der Waals surface area contributed by atoms with E-state index >= 15 is 0 Å².